The van der Waals surface area contributed by atoms with E-state index in [4.69, 9.17) is 0 Å². The van der Waals surface area contributed by atoms with Crippen LogP contribution in [0.5, 0.6) is 0 Å². The normalized spacial score (nSPS) is 10.8. The number of aryl methyl sites for hydroxylation is 1. The predicted octanol–water partition coefficient (Wildman–Crippen LogP) is 3.53. The molecule has 0 saturated heterocycles. The van der Waals surface area contributed by atoms with Crippen LogP contribution in [-0.2, 0) is 11.2 Å². The Kier molecular flexibility index (Phi) is 6.25. The van der Waals surface area contributed by atoms with Crippen molar-refractivity contribution in [3.63, 3.8) is 0 Å². The Morgan fingerprint density at radius 3 is 2.65 bits per heavy atom. The van der Waals surface area contributed by atoms with Crippen LogP contribution >= 0.6 is 0 Å². The van der Waals surface area contributed by atoms with Gasteiger partial charge in [-0.25, -0.2) is 4.98 Å². The first-order valence-corrected chi connectivity index (χ1v) is 9.26. The van der Waals surface area contributed by atoms with Gasteiger partial charge in [0.15, 0.2) is 0 Å². The van der Waals surface area contributed by atoms with E-state index in [0.717, 1.165) is 36.4 Å². The molecule has 3 rings (SSSR count). The fourth-order valence-corrected chi connectivity index (χ4v) is 3.05. The van der Waals surface area contributed by atoms with Gasteiger partial charge < -0.3 is 15.2 Å². The molecule has 1 aromatic heterocycles. The fourth-order valence-electron chi connectivity index (χ4n) is 3.05. The molecule has 2 N–H and O–H groups in total. The van der Waals surface area contributed by atoms with Crippen LogP contribution in [0, 0.1) is 0 Å². The van der Waals surface area contributed by atoms with Crippen LogP contribution in [0.3, 0.4) is 0 Å². The molecule has 0 saturated carbocycles. The molecule has 2 aromatic carbocycles. The molecule has 136 valence electrons. The summed E-state index contributed by atoms with van der Waals surface area (Å²) in [6, 6.07) is 18.3. The van der Waals surface area contributed by atoms with Gasteiger partial charge in [-0.1, -0.05) is 30.3 Å². The van der Waals surface area contributed by atoms with Crippen LogP contribution in [-0.4, -0.2) is 35.5 Å². The number of hydrogen-bond acceptors (Lipinski definition) is 3. The van der Waals surface area contributed by atoms with Gasteiger partial charge >= 0.3 is 0 Å². The lowest BCUT2D eigenvalue weighted by Gasteiger charge is -2.23. The van der Waals surface area contributed by atoms with Crippen LogP contribution in [0.1, 0.15) is 25.6 Å². The Bertz CT molecular complexity index is 795. The third-order valence-electron chi connectivity index (χ3n) is 4.46. The van der Waals surface area contributed by atoms with Crippen molar-refractivity contribution < 1.29 is 4.79 Å². The van der Waals surface area contributed by atoms with Crippen LogP contribution in [0.4, 0.5) is 5.69 Å². The van der Waals surface area contributed by atoms with E-state index in [1.807, 2.05) is 30.3 Å². The van der Waals surface area contributed by atoms with E-state index in [-0.39, 0.29) is 5.91 Å². The first-order valence-electron chi connectivity index (χ1n) is 9.26. The number of hydrogen-bond donors (Lipinski definition) is 2. The number of aromatic nitrogens is 2. The van der Waals surface area contributed by atoms with Crippen LogP contribution in [0.25, 0.3) is 11.0 Å². The highest BCUT2D eigenvalue weighted by Gasteiger charge is 2.07. The summed E-state index contributed by atoms with van der Waals surface area (Å²) in [5, 5.41) is 3.01. The third kappa shape index (κ3) is 4.85. The van der Waals surface area contributed by atoms with E-state index < -0.39 is 0 Å². The van der Waals surface area contributed by atoms with Gasteiger partial charge in [0.2, 0.25) is 5.91 Å². The first kappa shape index (κ1) is 18.0. The zero-order valence-corrected chi connectivity index (χ0v) is 15.2. The van der Waals surface area contributed by atoms with E-state index in [2.05, 4.69) is 51.4 Å². The standard InChI is InChI=1S/C21H26N4O/c1-2-25(17-9-4-3-5-10-17)16-8-15-22-21(26)14-13-20-23-18-11-6-7-12-19(18)24-20/h3-7,9-12H,2,8,13-16H2,1H3,(H,22,26)(H,23,24). The number of carbonyl (C=O) groups excluding carboxylic acids is 1. The number of fused-ring (bicyclic) bond motifs is 1. The summed E-state index contributed by atoms with van der Waals surface area (Å²) in [5.41, 5.74) is 3.19. The third-order valence-corrected chi connectivity index (χ3v) is 4.46. The minimum Gasteiger partial charge on any atom is -0.372 e. The molecule has 0 aliphatic rings. The molecule has 5 heteroatoms. The maximum atomic E-state index is 12.0. The number of imidazole rings is 1. The maximum Gasteiger partial charge on any atom is 0.220 e. The molecule has 3 aromatic rings. The minimum atomic E-state index is 0.0771. The number of carbonyl (C=O) groups is 1. The molecule has 0 spiro atoms. The van der Waals surface area contributed by atoms with Gasteiger partial charge in [0.1, 0.15) is 5.82 Å². The van der Waals surface area contributed by atoms with E-state index in [1.54, 1.807) is 0 Å². The SMILES string of the molecule is CCN(CCCNC(=O)CCc1nc2ccccc2[nH]1)c1ccccc1. The Hall–Kier alpha value is -2.82. The van der Waals surface area contributed by atoms with Gasteiger partial charge in [0.05, 0.1) is 11.0 Å². The molecular weight excluding hydrogens is 324 g/mol. The van der Waals surface area contributed by atoms with Crippen molar-refractivity contribution in [2.45, 2.75) is 26.2 Å². The predicted molar refractivity (Wildman–Crippen MR) is 106 cm³/mol. The number of anilines is 1. The quantitative estimate of drug-likeness (QED) is 0.580. The second-order valence-electron chi connectivity index (χ2n) is 6.32. The summed E-state index contributed by atoms with van der Waals surface area (Å²) in [6.45, 7) is 4.75. The molecule has 1 heterocycles. The van der Waals surface area contributed by atoms with Gasteiger partial charge in [0, 0.05) is 38.2 Å². The monoisotopic (exact) mass is 350 g/mol. The molecule has 5 nitrogen and oxygen atoms in total. The van der Waals surface area contributed by atoms with Gasteiger partial charge in [0.25, 0.3) is 0 Å². The summed E-state index contributed by atoms with van der Waals surface area (Å²) in [5.74, 6) is 0.941. The summed E-state index contributed by atoms with van der Waals surface area (Å²) in [4.78, 5) is 22.1. The first-order chi connectivity index (χ1) is 12.8. The molecule has 0 aliphatic heterocycles. The van der Waals surface area contributed by atoms with Gasteiger partial charge in [-0.05, 0) is 37.6 Å². The number of H-pyrrole nitrogens is 1. The zero-order valence-electron chi connectivity index (χ0n) is 15.2. The Balaban J connectivity index is 1.37. The van der Waals surface area contributed by atoms with Crippen molar-refractivity contribution in [1.29, 1.82) is 0 Å². The van der Waals surface area contributed by atoms with E-state index in [1.165, 1.54) is 5.69 Å². The molecule has 0 bridgehead atoms. The molecule has 0 radical (unpaired) electrons. The molecule has 26 heavy (non-hydrogen) atoms. The van der Waals surface area contributed by atoms with Crippen LogP contribution < -0.4 is 10.2 Å². The second-order valence-corrected chi connectivity index (χ2v) is 6.32. The molecular formula is C21H26N4O. The van der Waals surface area contributed by atoms with Gasteiger partial charge in [-0.3, -0.25) is 4.79 Å². The fraction of sp³-hybridized carbons (Fsp3) is 0.333. The summed E-state index contributed by atoms with van der Waals surface area (Å²) in [7, 11) is 0. The number of amides is 1. The highest BCUT2D eigenvalue weighted by atomic mass is 16.1. The smallest absolute Gasteiger partial charge is 0.220 e. The molecule has 1 amide bonds. The van der Waals surface area contributed by atoms with Crippen molar-refractivity contribution in [2.75, 3.05) is 24.5 Å². The lowest BCUT2D eigenvalue weighted by Crippen LogP contribution is -2.30. The Labute approximate surface area is 154 Å². The van der Waals surface area contributed by atoms with Crippen LogP contribution in [0.15, 0.2) is 54.6 Å². The lowest BCUT2D eigenvalue weighted by atomic mass is 10.2. The average Bonchev–Trinajstić information content (AvgIpc) is 3.10. The van der Waals surface area contributed by atoms with Gasteiger partial charge in [-0.2, -0.15) is 0 Å². The number of rotatable bonds is 9. The van der Waals surface area contributed by atoms with Crippen molar-refractivity contribution in [1.82, 2.24) is 15.3 Å². The Morgan fingerprint density at radius 2 is 1.88 bits per heavy atom. The number of nitrogens with zero attached hydrogens (tertiary/aromatic N) is 2. The molecule has 0 atom stereocenters. The highest BCUT2D eigenvalue weighted by Crippen LogP contribution is 2.13. The molecule has 0 unspecified atom stereocenters. The van der Waals surface area contributed by atoms with E-state index in [9.17, 15) is 4.79 Å². The largest absolute Gasteiger partial charge is 0.372 e. The van der Waals surface area contributed by atoms with Gasteiger partial charge in [-0.15, -0.1) is 0 Å². The number of aromatic amines is 1. The number of nitrogens with one attached hydrogen (secondary N) is 2. The average molecular weight is 350 g/mol. The lowest BCUT2D eigenvalue weighted by molar-refractivity contribution is -0.121. The highest BCUT2D eigenvalue weighted by molar-refractivity contribution is 5.77. The van der Waals surface area contributed by atoms with Crippen molar-refractivity contribution in [3.05, 3.63) is 60.4 Å². The molecule has 0 fully saturated rings. The topological polar surface area (TPSA) is 61.0 Å². The van der Waals surface area contributed by atoms with E-state index in [0.29, 0.717) is 19.4 Å². The summed E-state index contributed by atoms with van der Waals surface area (Å²) < 4.78 is 0. The molecule has 0 aliphatic carbocycles. The second kappa shape index (κ2) is 9.04. The van der Waals surface area contributed by atoms with Crippen LogP contribution in [0.2, 0.25) is 0 Å². The minimum absolute atomic E-state index is 0.0771. The van der Waals surface area contributed by atoms with E-state index >= 15 is 0 Å². The van der Waals surface area contributed by atoms with Crippen molar-refractivity contribution in [3.8, 4) is 0 Å². The zero-order chi connectivity index (χ0) is 18.2. The summed E-state index contributed by atoms with van der Waals surface area (Å²) >= 11 is 0. The number of benzene rings is 2. The number of para-hydroxylation sites is 3. The summed E-state index contributed by atoms with van der Waals surface area (Å²) in [6.07, 6.45) is 2.01. The maximum absolute atomic E-state index is 12.0. The van der Waals surface area contributed by atoms with Crippen molar-refractivity contribution >= 4 is 22.6 Å². The van der Waals surface area contributed by atoms with Crippen molar-refractivity contribution in [2.24, 2.45) is 0 Å². The Morgan fingerprint density at radius 1 is 1.12 bits per heavy atom.